The second-order valence-corrected chi connectivity index (χ2v) is 4.99. The van der Waals surface area contributed by atoms with Gasteiger partial charge in [0.05, 0.1) is 24.3 Å². The van der Waals surface area contributed by atoms with Gasteiger partial charge in [0.2, 0.25) is 5.89 Å². The molecule has 21 heavy (non-hydrogen) atoms. The summed E-state index contributed by atoms with van der Waals surface area (Å²) in [6.45, 7) is 4.19. The van der Waals surface area contributed by atoms with Crippen LogP contribution >= 0.6 is 0 Å². The maximum Gasteiger partial charge on any atom is 0.312 e. The highest BCUT2D eigenvalue weighted by molar-refractivity contribution is 5.89. The largest absolute Gasteiger partial charge is 0.417 e. The van der Waals surface area contributed by atoms with E-state index in [-0.39, 0.29) is 30.4 Å². The molecular formula is C13H15N5O3. The third kappa shape index (κ3) is 2.44. The standard InChI is InChI=1S/C13H15N5O3/c1-3-4-10-16-17-12(21-10)13(20)18-5-8-9(6-18)14-7(2)15-11(8)19/h3-6H2,1-2H3,(H,14,15,19). The van der Waals surface area contributed by atoms with E-state index in [9.17, 15) is 9.59 Å². The molecule has 1 N–H and O–H groups in total. The Morgan fingerprint density at radius 2 is 2.19 bits per heavy atom. The topological polar surface area (TPSA) is 105 Å². The number of amides is 1. The number of nitrogens with zero attached hydrogens (tertiary/aromatic N) is 4. The van der Waals surface area contributed by atoms with E-state index in [1.165, 1.54) is 4.90 Å². The summed E-state index contributed by atoms with van der Waals surface area (Å²) in [5.41, 5.74) is 0.935. The molecule has 0 saturated heterocycles. The molecule has 110 valence electrons. The van der Waals surface area contributed by atoms with Gasteiger partial charge in [-0.2, -0.15) is 0 Å². The lowest BCUT2D eigenvalue weighted by molar-refractivity contribution is 0.0707. The number of nitrogens with one attached hydrogen (secondary N) is 1. The fourth-order valence-electron chi connectivity index (χ4n) is 2.32. The zero-order valence-corrected chi connectivity index (χ0v) is 11.8. The van der Waals surface area contributed by atoms with Crippen LogP contribution in [0.4, 0.5) is 0 Å². The molecule has 0 spiro atoms. The Labute approximate surface area is 120 Å². The minimum Gasteiger partial charge on any atom is -0.417 e. The molecule has 3 heterocycles. The van der Waals surface area contributed by atoms with Crippen molar-refractivity contribution in [1.29, 1.82) is 0 Å². The van der Waals surface area contributed by atoms with Gasteiger partial charge < -0.3 is 14.3 Å². The van der Waals surface area contributed by atoms with Gasteiger partial charge in [0.15, 0.2) is 0 Å². The number of fused-ring (bicyclic) bond motifs is 1. The first-order valence-corrected chi connectivity index (χ1v) is 6.78. The number of H-pyrrole nitrogens is 1. The lowest BCUT2D eigenvalue weighted by atomic mass is 10.3. The Hall–Kier alpha value is -2.51. The molecular weight excluding hydrogens is 274 g/mol. The Morgan fingerprint density at radius 3 is 2.95 bits per heavy atom. The minimum absolute atomic E-state index is 0.0422. The van der Waals surface area contributed by atoms with Crippen molar-refractivity contribution >= 4 is 5.91 Å². The quantitative estimate of drug-likeness (QED) is 0.885. The zero-order chi connectivity index (χ0) is 15.0. The average Bonchev–Trinajstić information content (AvgIpc) is 3.05. The molecule has 1 amide bonds. The van der Waals surface area contributed by atoms with Crippen molar-refractivity contribution in [2.24, 2.45) is 0 Å². The molecule has 8 heteroatoms. The molecule has 0 bridgehead atoms. The molecule has 0 fully saturated rings. The Morgan fingerprint density at radius 1 is 1.38 bits per heavy atom. The van der Waals surface area contributed by atoms with Crippen molar-refractivity contribution in [1.82, 2.24) is 25.1 Å². The summed E-state index contributed by atoms with van der Waals surface area (Å²) in [4.78, 5) is 32.5. The number of carbonyl (C=O) groups excluding carboxylic acids is 1. The molecule has 0 aromatic carbocycles. The predicted molar refractivity (Wildman–Crippen MR) is 71.5 cm³/mol. The smallest absolute Gasteiger partial charge is 0.312 e. The van der Waals surface area contributed by atoms with Gasteiger partial charge >= 0.3 is 11.8 Å². The molecule has 1 aliphatic rings. The van der Waals surface area contributed by atoms with Crippen LogP contribution in [0.15, 0.2) is 9.21 Å². The van der Waals surface area contributed by atoms with Gasteiger partial charge in [0, 0.05) is 6.42 Å². The van der Waals surface area contributed by atoms with Gasteiger partial charge in [-0.25, -0.2) is 4.98 Å². The number of aromatic nitrogens is 4. The van der Waals surface area contributed by atoms with E-state index in [1.54, 1.807) is 6.92 Å². The number of hydrogen-bond acceptors (Lipinski definition) is 6. The van der Waals surface area contributed by atoms with Crippen molar-refractivity contribution in [2.45, 2.75) is 39.8 Å². The van der Waals surface area contributed by atoms with Crippen molar-refractivity contribution in [3.8, 4) is 0 Å². The molecule has 0 saturated carbocycles. The van der Waals surface area contributed by atoms with Crippen LogP contribution in [0.3, 0.4) is 0 Å². The summed E-state index contributed by atoms with van der Waals surface area (Å²) in [7, 11) is 0. The minimum atomic E-state index is -0.375. The van der Waals surface area contributed by atoms with Crippen LogP contribution in [0, 0.1) is 6.92 Å². The van der Waals surface area contributed by atoms with Crippen LogP contribution < -0.4 is 5.56 Å². The highest BCUT2D eigenvalue weighted by atomic mass is 16.4. The van der Waals surface area contributed by atoms with Gasteiger partial charge in [0.25, 0.3) is 5.56 Å². The maximum absolute atomic E-state index is 12.3. The van der Waals surface area contributed by atoms with Crippen LogP contribution in [-0.4, -0.2) is 31.0 Å². The summed E-state index contributed by atoms with van der Waals surface area (Å²) in [6, 6.07) is 0. The second kappa shape index (κ2) is 5.12. The summed E-state index contributed by atoms with van der Waals surface area (Å²) >= 11 is 0. The van der Waals surface area contributed by atoms with E-state index >= 15 is 0 Å². The van der Waals surface area contributed by atoms with Crippen molar-refractivity contribution in [3.05, 3.63) is 39.2 Å². The fraction of sp³-hybridized carbons (Fsp3) is 0.462. The van der Waals surface area contributed by atoms with E-state index in [2.05, 4.69) is 20.2 Å². The SMILES string of the molecule is CCCc1nnc(C(=O)N2Cc3nc(C)[nH]c(=O)c3C2)o1. The molecule has 0 aliphatic carbocycles. The van der Waals surface area contributed by atoms with Crippen LogP contribution in [0.2, 0.25) is 0 Å². The lowest BCUT2D eigenvalue weighted by Crippen LogP contribution is -2.26. The maximum atomic E-state index is 12.3. The first kappa shape index (κ1) is 13.5. The Kier molecular flexibility index (Phi) is 3.28. The monoisotopic (exact) mass is 289 g/mol. The third-order valence-corrected chi connectivity index (χ3v) is 3.31. The zero-order valence-electron chi connectivity index (χ0n) is 11.8. The van der Waals surface area contributed by atoms with Crippen LogP contribution in [-0.2, 0) is 19.5 Å². The number of aromatic amines is 1. The van der Waals surface area contributed by atoms with Crippen molar-refractivity contribution in [2.75, 3.05) is 0 Å². The number of rotatable bonds is 3. The molecule has 3 rings (SSSR count). The van der Waals surface area contributed by atoms with E-state index in [0.717, 1.165) is 6.42 Å². The Bertz CT molecular complexity index is 749. The molecule has 0 unspecified atom stereocenters. The van der Waals surface area contributed by atoms with Crippen LogP contribution in [0.1, 0.15) is 47.0 Å². The molecule has 2 aromatic rings. The molecule has 8 nitrogen and oxygen atoms in total. The van der Waals surface area contributed by atoms with Crippen LogP contribution in [0.25, 0.3) is 0 Å². The van der Waals surface area contributed by atoms with Gasteiger partial charge in [-0.1, -0.05) is 6.92 Å². The highest BCUT2D eigenvalue weighted by Gasteiger charge is 2.30. The van der Waals surface area contributed by atoms with Gasteiger partial charge in [-0.15, -0.1) is 10.2 Å². The lowest BCUT2D eigenvalue weighted by Gasteiger charge is -2.11. The molecule has 1 aliphatic heterocycles. The Balaban J connectivity index is 1.81. The number of carbonyl (C=O) groups is 1. The van der Waals surface area contributed by atoms with Gasteiger partial charge in [0.1, 0.15) is 5.82 Å². The predicted octanol–water partition coefficient (Wildman–Crippen LogP) is 0.570. The van der Waals surface area contributed by atoms with E-state index in [0.29, 0.717) is 29.4 Å². The van der Waals surface area contributed by atoms with Crippen molar-refractivity contribution < 1.29 is 9.21 Å². The van der Waals surface area contributed by atoms with E-state index in [4.69, 9.17) is 4.42 Å². The van der Waals surface area contributed by atoms with E-state index in [1.807, 2.05) is 6.92 Å². The molecule has 0 atom stereocenters. The summed E-state index contributed by atoms with van der Waals surface area (Å²) in [5.74, 6) is 0.569. The summed E-state index contributed by atoms with van der Waals surface area (Å²) in [6.07, 6.45) is 1.50. The summed E-state index contributed by atoms with van der Waals surface area (Å²) in [5, 5.41) is 7.60. The first-order chi connectivity index (χ1) is 10.1. The fourth-order valence-corrected chi connectivity index (χ4v) is 2.32. The molecule has 0 radical (unpaired) electrons. The summed E-state index contributed by atoms with van der Waals surface area (Å²) < 4.78 is 5.33. The normalized spacial score (nSPS) is 13.5. The number of hydrogen-bond donors (Lipinski definition) is 1. The highest BCUT2D eigenvalue weighted by Crippen LogP contribution is 2.19. The third-order valence-electron chi connectivity index (χ3n) is 3.31. The van der Waals surface area contributed by atoms with Gasteiger partial charge in [-0.05, 0) is 13.3 Å². The number of aryl methyl sites for hydroxylation is 2. The van der Waals surface area contributed by atoms with Crippen molar-refractivity contribution in [3.63, 3.8) is 0 Å². The second-order valence-electron chi connectivity index (χ2n) is 4.99. The molecule has 2 aromatic heterocycles. The van der Waals surface area contributed by atoms with Gasteiger partial charge in [-0.3, -0.25) is 9.59 Å². The first-order valence-electron chi connectivity index (χ1n) is 6.78. The van der Waals surface area contributed by atoms with E-state index < -0.39 is 0 Å². The van der Waals surface area contributed by atoms with Crippen LogP contribution in [0.5, 0.6) is 0 Å². The average molecular weight is 289 g/mol.